The third-order valence-corrected chi connectivity index (χ3v) is 4.18. The second-order valence-corrected chi connectivity index (χ2v) is 6.44. The number of benzene rings is 2. The highest BCUT2D eigenvalue weighted by atomic mass is 16.5. The van der Waals surface area contributed by atoms with E-state index < -0.39 is 23.9 Å². The lowest BCUT2D eigenvalue weighted by Crippen LogP contribution is -2.22. The van der Waals surface area contributed by atoms with E-state index in [0.717, 1.165) is 12.8 Å². The molecule has 0 bridgehead atoms. The second kappa shape index (κ2) is 11.4. The quantitative estimate of drug-likeness (QED) is 0.439. The van der Waals surface area contributed by atoms with Gasteiger partial charge in [0.15, 0.2) is 0 Å². The summed E-state index contributed by atoms with van der Waals surface area (Å²) in [6.07, 6.45) is 2.73. The number of carbonyl (C=O) groups is 4. The van der Waals surface area contributed by atoms with E-state index in [9.17, 15) is 24.3 Å². The third kappa shape index (κ3) is 7.05. The largest absolute Gasteiger partial charge is 0.545 e. The monoisotopic (exact) mass is 413 g/mol. The Kier molecular flexibility index (Phi) is 8.56. The molecule has 2 rings (SSSR count). The molecule has 0 amide bonds. The molecule has 0 spiro atoms. The summed E-state index contributed by atoms with van der Waals surface area (Å²) in [6.45, 7) is 0.391. The highest BCUT2D eigenvalue weighted by molar-refractivity contribution is 5.95. The van der Waals surface area contributed by atoms with Crippen molar-refractivity contribution in [3.63, 3.8) is 0 Å². The Labute approximate surface area is 173 Å². The van der Waals surface area contributed by atoms with Gasteiger partial charge in [0.25, 0.3) is 0 Å². The molecular formula is C22H21O8-. The van der Waals surface area contributed by atoms with Gasteiger partial charge in [-0.3, -0.25) is 0 Å². The molecule has 0 aliphatic rings. The zero-order valence-electron chi connectivity index (χ0n) is 16.2. The Morgan fingerprint density at radius 2 is 1.13 bits per heavy atom. The Morgan fingerprint density at radius 3 is 1.60 bits per heavy atom. The molecule has 158 valence electrons. The summed E-state index contributed by atoms with van der Waals surface area (Å²) in [7, 11) is 0. The van der Waals surface area contributed by atoms with E-state index in [0.29, 0.717) is 12.8 Å². The minimum absolute atomic E-state index is 0.0188. The summed E-state index contributed by atoms with van der Waals surface area (Å²) in [6, 6.07) is 11.1. The predicted molar refractivity (Wildman–Crippen MR) is 103 cm³/mol. The molecule has 30 heavy (non-hydrogen) atoms. The summed E-state index contributed by atoms with van der Waals surface area (Å²) in [5.74, 6) is -3.65. The smallest absolute Gasteiger partial charge is 0.338 e. The fourth-order valence-electron chi connectivity index (χ4n) is 2.61. The number of ether oxygens (including phenoxy) is 2. The van der Waals surface area contributed by atoms with Crippen LogP contribution in [0.4, 0.5) is 0 Å². The average Bonchev–Trinajstić information content (AvgIpc) is 2.75. The Balaban J connectivity index is 1.60. The molecule has 2 aromatic rings. The van der Waals surface area contributed by atoms with Crippen LogP contribution < -0.4 is 5.11 Å². The maximum absolute atomic E-state index is 11.9. The predicted octanol–water partition coefficient (Wildman–Crippen LogP) is 2.32. The average molecular weight is 413 g/mol. The molecule has 1 N–H and O–H groups in total. The van der Waals surface area contributed by atoms with Crippen LogP contribution in [0.15, 0.2) is 48.5 Å². The summed E-state index contributed by atoms with van der Waals surface area (Å²) >= 11 is 0. The van der Waals surface area contributed by atoms with Crippen LogP contribution in [0.5, 0.6) is 0 Å². The summed E-state index contributed by atoms with van der Waals surface area (Å²) in [5.41, 5.74) is 0.263. The van der Waals surface area contributed by atoms with E-state index in [1.807, 2.05) is 0 Å². The fourth-order valence-corrected chi connectivity index (χ4v) is 2.61. The van der Waals surface area contributed by atoms with Crippen molar-refractivity contribution in [3.8, 4) is 0 Å². The summed E-state index contributed by atoms with van der Waals surface area (Å²) in [4.78, 5) is 45.5. The highest BCUT2D eigenvalue weighted by Gasteiger charge is 2.11. The van der Waals surface area contributed by atoms with Gasteiger partial charge in [0.2, 0.25) is 0 Å². The maximum atomic E-state index is 11.9. The van der Waals surface area contributed by atoms with Crippen molar-refractivity contribution in [2.45, 2.75) is 25.7 Å². The van der Waals surface area contributed by atoms with Crippen molar-refractivity contribution in [3.05, 3.63) is 70.8 Å². The topological polar surface area (TPSA) is 130 Å². The SMILES string of the molecule is O=C([O-])c1cccc(C(=O)OCCCCCCOC(=O)c2cccc(C(=O)O)c2)c1. The minimum Gasteiger partial charge on any atom is -0.545 e. The minimum atomic E-state index is -1.36. The zero-order valence-corrected chi connectivity index (χ0v) is 16.2. The molecule has 0 unspecified atom stereocenters. The maximum Gasteiger partial charge on any atom is 0.338 e. The molecule has 0 fully saturated rings. The van der Waals surface area contributed by atoms with Crippen molar-refractivity contribution in [2.24, 2.45) is 0 Å². The number of carboxylic acid groups (broad SMARTS) is 2. The molecule has 0 aliphatic heterocycles. The van der Waals surface area contributed by atoms with Gasteiger partial charge >= 0.3 is 17.9 Å². The van der Waals surface area contributed by atoms with Gasteiger partial charge in [-0.1, -0.05) is 18.2 Å². The van der Waals surface area contributed by atoms with Crippen LogP contribution >= 0.6 is 0 Å². The molecule has 0 radical (unpaired) electrons. The van der Waals surface area contributed by atoms with Gasteiger partial charge in [-0.15, -0.1) is 0 Å². The first-order valence-electron chi connectivity index (χ1n) is 9.37. The van der Waals surface area contributed by atoms with Crippen LogP contribution in [0.25, 0.3) is 0 Å². The molecular weight excluding hydrogens is 392 g/mol. The van der Waals surface area contributed by atoms with Gasteiger partial charge in [0.1, 0.15) is 0 Å². The van der Waals surface area contributed by atoms with Gasteiger partial charge in [-0.05, 0) is 61.6 Å². The zero-order chi connectivity index (χ0) is 21.9. The van der Waals surface area contributed by atoms with Crippen molar-refractivity contribution >= 4 is 23.9 Å². The first-order chi connectivity index (χ1) is 14.4. The lowest BCUT2D eigenvalue weighted by molar-refractivity contribution is -0.255. The van der Waals surface area contributed by atoms with Crippen LogP contribution in [0.2, 0.25) is 0 Å². The number of carbonyl (C=O) groups excluding carboxylic acids is 3. The number of esters is 2. The van der Waals surface area contributed by atoms with Gasteiger partial charge in [0.05, 0.1) is 35.9 Å². The van der Waals surface area contributed by atoms with Crippen LogP contribution in [-0.4, -0.2) is 42.2 Å². The number of hydrogen-bond donors (Lipinski definition) is 1. The fraction of sp³-hybridized carbons (Fsp3) is 0.273. The van der Waals surface area contributed by atoms with E-state index >= 15 is 0 Å². The standard InChI is InChI=1S/C22H22O8/c23-19(24)15-7-5-9-17(13-15)21(27)29-11-3-1-2-4-12-30-22(28)18-10-6-8-16(14-18)20(25)26/h5-10,13-14H,1-4,11-12H2,(H,23,24)(H,25,26)/p-1. The first kappa shape index (κ1) is 22.6. The van der Waals surface area contributed by atoms with Gasteiger partial charge in [0, 0.05) is 0 Å². The van der Waals surface area contributed by atoms with E-state index in [2.05, 4.69) is 0 Å². The normalized spacial score (nSPS) is 10.3. The summed E-state index contributed by atoms with van der Waals surface area (Å²) < 4.78 is 10.2. The number of carboxylic acids is 2. The van der Waals surface area contributed by atoms with Gasteiger partial charge in [-0.25, -0.2) is 14.4 Å². The van der Waals surface area contributed by atoms with E-state index in [1.165, 1.54) is 48.5 Å². The Hall–Kier alpha value is -3.68. The van der Waals surface area contributed by atoms with Crippen molar-refractivity contribution < 1.29 is 38.9 Å². The molecule has 0 aliphatic carbocycles. The van der Waals surface area contributed by atoms with Crippen molar-refractivity contribution in [1.29, 1.82) is 0 Å². The Bertz CT molecular complexity index is 843. The molecule has 0 saturated heterocycles. The summed E-state index contributed by atoms with van der Waals surface area (Å²) in [5, 5.41) is 19.7. The van der Waals surface area contributed by atoms with Crippen LogP contribution in [0.1, 0.15) is 67.1 Å². The van der Waals surface area contributed by atoms with E-state index in [1.54, 1.807) is 0 Å². The van der Waals surface area contributed by atoms with E-state index in [-0.39, 0.29) is 35.5 Å². The number of aromatic carboxylic acids is 2. The van der Waals surface area contributed by atoms with Crippen LogP contribution in [0, 0.1) is 0 Å². The molecule has 0 atom stereocenters. The third-order valence-electron chi connectivity index (χ3n) is 4.18. The highest BCUT2D eigenvalue weighted by Crippen LogP contribution is 2.09. The number of unbranched alkanes of at least 4 members (excludes halogenated alkanes) is 3. The molecule has 8 nitrogen and oxygen atoms in total. The molecule has 2 aromatic carbocycles. The van der Waals surface area contributed by atoms with Crippen molar-refractivity contribution in [2.75, 3.05) is 13.2 Å². The van der Waals surface area contributed by atoms with Crippen molar-refractivity contribution in [1.82, 2.24) is 0 Å². The molecule has 8 heteroatoms. The van der Waals surface area contributed by atoms with Gasteiger partial charge in [-0.2, -0.15) is 0 Å². The number of rotatable bonds is 11. The van der Waals surface area contributed by atoms with Gasteiger partial charge < -0.3 is 24.5 Å². The first-order valence-corrected chi connectivity index (χ1v) is 9.37. The van der Waals surface area contributed by atoms with Crippen LogP contribution in [-0.2, 0) is 9.47 Å². The van der Waals surface area contributed by atoms with Crippen LogP contribution in [0.3, 0.4) is 0 Å². The molecule has 0 heterocycles. The number of hydrogen-bond acceptors (Lipinski definition) is 7. The second-order valence-electron chi connectivity index (χ2n) is 6.44. The lowest BCUT2D eigenvalue weighted by atomic mass is 10.1. The molecule has 0 saturated carbocycles. The molecule has 0 aromatic heterocycles. The Morgan fingerprint density at radius 1 is 0.700 bits per heavy atom. The van der Waals surface area contributed by atoms with E-state index in [4.69, 9.17) is 14.6 Å². The lowest BCUT2D eigenvalue weighted by Gasteiger charge is -2.08.